The van der Waals surface area contributed by atoms with Crippen molar-refractivity contribution in [1.29, 1.82) is 0 Å². The van der Waals surface area contributed by atoms with Crippen molar-refractivity contribution in [2.24, 2.45) is 11.7 Å². The summed E-state index contributed by atoms with van der Waals surface area (Å²) in [6, 6.07) is 6.57. The molecule has 0 radical (unpaired) electrons. The molecule has 4 rings (SSSR count). The standard InChI is InChI=1S/C24H28F4N2O2/c1-14-2-5-18-19(23(14)31)11-21(32-22(18)12-29)15-6-8-30(9-7-15)13-16-3-4-17(10-20(16)25)24(26,27)28/h2-5,10,15,21-22,31H,6-9,11-13,29H2,1H3/t21-,22-/m0/s1. The normalized spacial score (nSPS) is 22.7. The Bertz CT molecular complexity index is 971. The van der Waals surface area contributed by atoms with Crippen LogP contribution in [-0.2, 0) is 23.9 Å². The van der Waals surface area contributed by atoms with E-state index >= 15 is 0 Å². The van der Waals surface area contributed by atoms with E-state index in [1.54, 1.807) is 0 Å². The smallest absolute Gasteiger partial charge is 0.416 e. The Morgan fingerprint density at radius 1 is 1.16 bits per heavy atom. The summed E-state index contributed by atoms with van der Waals surface area (Å²) in [6.07, 6.45) is -2.59. The molecule has 32 heavy (non-hydrogen) atoms. The molecular formula is C24H28F4N2O2. The number of phenolic OH excluding ortho intramolecular Hbond substituents is 1. The van der Waals surface area contributed by atoms with Gasteiger partial charge in [0.05, 0.1) is 17.8 Å². The topological polar surface area (TPSA) is 58.7 Å². The highest BCUT2D eigenvalue weighted by molar-refractivity contribution is 5.47. The number of hydrogen-bond acceptors (Lipinski definition) is 4. The number of aryl methyl sites for hydroxylation is 1. The molecular weight excluding hydrogens is 424 g/mol. The Morgan fingerprint density at radius 2 is 1.88 bits per heavy atom. The molecule has 2 aliphatic rings. The molecule has 1 fully saturated rings. The van der Waals surface area contributed by atoms with Crippen molar-refractivity contribution < 1.29 is 27.4 Å². The van der Waals surface area contributed by atoms with E-state index in [9.17, 15) is 22.7 Å². The van der Waals surface area contributed by atoms with Crippen LogP contribution in [0.1, 0.15) is 46.8 Å². The fraction of sp³-hybridized carbons (Fsp3) is 0.500. The maximum absolute atomic E-state index is 14.2. The molecule has 2 aliphatic heterocycles. The highest BCUT2D eigenvalue weighted by Crippen LogP contribution is 2.40. The van der Waals surface area contributed by atoms with Gasteiger partial charge in [0.15, 0.2) is 0 Å². The van der Waals surface area contributed by atoms with Crippen LogP contribution in [0.4, 0.5) is 17.6 Å². The number of piperidine rings is 1. The average molecular weight is 452 g/mol. The van der Waals surface area contributed by atoms with Crippen LogP contribution >= 0.6 is 0 Å². The van der Waals surface area contributed by atoms with Gasteiger partial charge >= 0.3 is 6.18 Å². The maximum atomic E-state index is 14.2. The Hall–Kier alpha value is -2.16. The molecule has 2 heterocycles. The molecule has 0 aliphatic carbocycles. The van der Waals surface area contributed by atoms with E-state index in [-0.39, 0.29) is 30.2 Å². The number of likely N-dealkylation sites (tertiary alicyclic amines) is 1. The number of benzene rings is 2. The molecule has 3 N–H and O–H groups in total. The summed E-state index contributed by atoms with van der Waals surface area (Å²) in [5.41, 5.74) is 7.91. The van der Waals surface area contributed by atoms with E-state index in [2.05, 4.69) is 4.90 Å². The Morgan fingerprint density at radius 3 is 2.50 bits per heavy atom. The quantitative estimate of drug-likeness (QED) is 0.660. The van der Waals surface area contributed by atoms with E-state index in [4.69, 9.17) is 10.5 Å². The Kier molecular flexibility index (Phi) is 6.47. The summed E-state index contributed by atoms with van der Waals surface area (Å²) in [5, 5.41) is 10.6. The molecule has 2 aromatic carbocycles. The number of fused-ring (bicyclic) bond motifs is 1. The largest absolute Gasteiger partial charge is 0.507 e. The van der Waals surface area contributed by atoms with Crippen LogP contribution < -0.4 is 5.73 Å². The SMILES string of the molecule is Cc1ccc2c(c1O)C[C@@H](C1CCN(Cc3ccc(C(F)(F)F)cc3F)CC1)O[C@H]2CN. The van der Waals surface area contributed by atoms with E-state index in [1.807, 2.05) is 19.1 Å². The number of halogens is 4. The molecule has 174 valence electrons. The summed E-state index contributed by atoms with van der Waals surface area (Å²) in [5.74, 6) is -0.249. The second-order valence-corrected chi connectivity index (χ2v) is 8.82. The predicted molar refractivity (Wildman–Crippen MR) is 113 cm³/mol. The van der Waals surface area contributed by atoms with E-state index in [1.165, 1.54) is 6.07 Å². The summed E-state index contributed by atoms with van der Waals surface area (Å²) in [6.45, 7) is 3.88. The lowest BCUT2D eigenvalue weighted by atomic mass is 9.83. The van der Waals surface area contributed by atoms with Gasteiger partial charge in [-0.1, -0.05) is 18.2 Å². The zero-order chi connectivity index (χ0) is 23.0. The number of aromatic hydroxyl groups is 1. The van der Waals surface area contributed by atoms with Gasteiger partial charge in [-0.2, -0.15) is 13.2 Å². The number of nitrogens with two attached hydrogens (primary N) is 1. The van der Waals surface area contributed by atoms with Crippen LogP contribution in [0.5, 0.6) is 5.75 Å². The number of ether oxygens (including phenoxy) is 1. The van der Waals surface area contributed by atoms with E-state index in [0.29, 0.717) is 37.9 Å². The minimum absolute atomic E-state index is 0.0614. The highest BCUT2D eigenvalue weighted by Gasteiger charge is 2.36. The maximum Gasteiger partial charge on any atom is 0.416 e. The molecule has 0 spiro atoms. The summed E-state index contributed by atoms with van der Waals surface area (Å²) >= 11 is 0. The number of phenols is 1. The number of nitrogens with zero attached hydrogens (tertiary/aromatic N) is 1. The van der Waals surface area contributed by atoms with Gasteiger partial charge < -0.3 is 15.6 Å². The molecule has 0 unspecified atom stereocenters. The minimum Gasteiger partial charge on any atom is -0.507 e. The van der Waals surface area contributed by atoms with Crippen molar-refractivity contribution in [3.63, 3.8) is 0 Å². The van der Waals surface area contributed by atoms with Crippen molar-refractivity contribution in [2.75, 3.05) is 19.6 Å². The summed E-state index contributed by atoms with van der Waals surface area (Å²) < 4.78 is 58.8. The first-order valence-corrected chi connectivity index (χ1v) is 10.9. The zero-order valence-electron chi connectivity index (χ0n) is 18.0. The molecule has 4 nitrogen and oxygen atoms in total. The molecule has 2 atom stereocenters. The van der Waals surface area contributed by atoms with Crippen LogP contribution in [0.2, 0.25) is 0 Å². The second-order valence-electron chi connectivity index (χ2n) is 8.82. The first-order valence-electron chi connectivity index (χ1n) is 10.9. The van der Waals surface area contributed by atoms with Crippen molar-refractivity contribution in [1.82, 2.24) is 4.90 Å². The van der Waals surface area contributed by atoms with Gasteiger partial charge in [0.25, 0.3) is 0 Å². The third kappa shape index (κ3) is 4.63. The van der Waals surface area contributed by atoms with E-state index in [0.717, 1.165) is 35.6 Å². The average Bonchev–Trinajstić information content (AvgIpc) is 2.77. The fourth-order valence-electron chi connectivity index (χ4n) is 4.85. The van der Waals surface area contributed by atoms with Gasteiger partial charge in [-0.05, 0) is 62.0 Å². The van der Waals surface area contributed by atoms with Gasteiger partial charge in [-0.3, -0.25) is 4.90 Å². The molecule has 0 bridgehead atoms. The first-order chi connectivity index (χ1) is 15.2. The minimum atomic E-state index is -4.55. The lowest BCUT2D eigenvalue weighted by Crippen LogP contribution is -2.42. The monoisotopic (exact) mass is 452 g/mol. The molecule has 0 aromatic heterocycles. The highest BCUT2D eigenvalue weighted by atomic mass is 19.4. The number of hydrogen-bond donors (Lipinski definition) is 2. The Balaban J connectivity index is 1.39. The van der Waals surface area contributed by atoms with Crippen molar-refractivity contribution in [2.45, 2.75) is 51.1 Å². The van der Waals surface area contributed by atoms with Gasteiger partial charge in [-0.15, -0.1) is 0 Å². The van der Waals surface area contributed by atoms with Crippen molar-refractivity contribution >= 4 is 0 Å². The van der Waals surface area contributed by atoms with Gasteiger partial charge in [0, 0.05) is 30.6 Å². The van der Waals surface area contributed by atoms with Crippen molar-refractivity contribution in [3.8, 4) is 5.75 Å². The van der Waals surface area contributed by atoms with Crippen LogP contribution in [0.25, 0.3) is 0 Å². The van der Waals surface area contributed by atoms with Gasteiger partial charge in [0.2, 0.25) is 0 Å². The third-order valence-corrected chi connectivity index (χ3v) is 6.76. The van der Waals surface area contributed by atoms with Crippen molar-refractivity contribution in [3.05, 3.63) is 64.0 Å². The molecule has 1 saturated heterocycles. The predicted octanol–water partition coefficient (Wildman–Crippen LogP) is 4.71. The molecule has 0 saturated carbocycles. The second kappa shape index (κ2) is 9.00. The zero-order valence-corrected chi connectivity index (χ0v) is 18.0. The number of alkyl halides is 3. The lowest BCUT2D eigenvalue weighted by molar-refractivity contribution is -0.137. The van der Waals surface area contributed by atoms with Crippen LogP contribution in [0.15, 0.2) is 30.3 Å². The van der Waals surface area contributed by atoms with Crippen LogP contribution in [0, 0.1) is 18.7 Å². The molecule has 0 amide bonds. The van der Waals surface area contributed by atoms with Gasteiger partial charge in [0.1, 0.15) is 11.6 Å². The first kappa shape index (κ1) is 23.0. The number of rotatable bonds is 4. The lowest BCUT2D eigenvalue weighted by Gasteiger charge is -2.40. The third-order valence-electron chi connectivity index (χ3n) is 6.76. The fourth-order valence-corrected chi connectivity index (χ4v) is 4.85. The summed E-state index contributed by atoms with van der Waals surface area (Å²) in [4.78, 5) is 2.06. The van der Waals surface area contributed by atoms with E-state index < -0.39 is 17.6 Å². The van der Waals surface area contributed by atoms with Gasteiger partial charge in [-0.25, -0.2) is 4.39 Å². The molecule has 8 heteroatoms. The van der Waals surface area contributed by atoms with Crippen LogP contribution in [0.3, 0.4) is 0 Å². The Labute approximate surface area is 185 Å². The summed E-state index contributed by atoms with van der Waals surface area (Å²) in [7, 11) is 0. The van der Waals surface area contributed by atoms with Crippen LogP contribution in [-0.4, -0.2) is 35.7 Å². The molecule has 2 aromatic rings.